The Hall–Kier alpha value is -3.23. The molecule has 0 unspecified atom stereocenters. The van der Waals surface area contributed by atoms with E-state index in [1.54, 1.807) is 17.3 Å². The predicted octanol–water partition coefficient (Wildman–Crippen LogP) is 2.80. The molecule has 0 bridgehead atoms. The van der Waals surface area contributed by atoms with Crippen LogP contribution in [0.3, 0.4) is 0 Å². The maximum absolute atomic E-state index is 12.2. The third kappa shape index (κ3) is 4.77. The molecule has 2 saturated heterocycles. The number of aromatic nitrogens is 3. The van der Waals surface area contributed by atoms with E-state index in [0.717, 1.165) is 68.7 Å². The van der Waals surface area contributed by atoms with Gasteiger partial charge in [-0.1, -0.05) is 12.8 Å². The molecule has 2 aliphatic heterocycles. The molecule has 2 N–H and O–H groups in total. The van der Waals surface area contributed by atoms with Crippen LogP contribution in [0.4, 0.5) is 23.3 Å². The van der Waals surface area contributed by atoms with E-state index in [1.165, 1.54) is 12.8 Å². The maximum atomic E-state index is 12.2. The quantitative estimate of drug-likeness (QED) is 0.597. The molecular weight excluding hydrogens is 418 g/mol. The maximum Gasteiger partial charge on any atom is 0.229 e. The van der Waals surface area contributed by atoms with Crippen LogP contribution in [-0.4, -0.2) is 52.9 Å². The standard InChI is InChI=1S/C24H31N7O2/c32-16-31(20-5-1-2-6-20)22-18(13-17-9-10-25-23(17)33)14-27-24(29-22)28-19-7-8-21(26-15-19)30-11-3-4-12-30/h7-8,14-17,20H,1-6,9-13H2,(H,25,33)(H,27,28,29)/t17-/m0/s1. The van der Waals surface area contributed by atoms with Gasteiger partial charge in [0.2, 0.25) is 18.3 Å². The lowest BCUT2D eigenvalue weighted by atomic mass is 9.99. The monoisotopic (exact) mass is 449 g/mol. The lowest BCUT2D eigenvalue weighted by Crippen LogP contribution is -2.34. The Bertz CT molecular complexity index is 985. The number of pyridine rings is 1. The van der Waals surface area contributed by atoms with Crippen LogP contribution in [0.15, 0.2) is 24.5 Å². The number of amides is 2. The van der Waals surface area contributed by atoms with Gasteiger partial charge >= 0.3 is 0 Å². The molecule has 33 heavy (non-hydrogen) atoms. The minimum atomic E-state index is -0.106. The minimum absolute atomic E-state index is 0.0610. The molecule has 174 valence electrons. The zero-order valence-corrected chi connectivity index (χ0v) is 18.9. The highest BCUT2D eigenvalue weighted by molar-refractivity contribution is 5.82. The van der Waals surface area contributed by atoms with Gasteiger partial charge in [0.05, 0.1) is 11.9 Å². The Labute approximate surface area is 194 Å². The fraction of sp³-hybridized carbons (Fsp3) is 0.542. The highest BCUT2D eigenvalue weighted by atomic mass is 16.2. The molecule has 5 rings (SSSR count). The normalized spacial score (nSPS) is 20.8. The summed E-state index contributed by atoms with van der Waals surface area (Å²) in [4.78, 5) is 42.2. The van der Waals surface area contributed by atoms with Crippen molar-refractivity contribution in [3.63, 3.8) is 0 Å². The van der Waals surface area contributed by atoms with Crippen LogP contribution in [0.1, 0.15) is 50.5 Å². The summed E-state index contributed by atoms with van der Waals surface area (Å²) in [5.74, 6) is 1.97. The van der Waals surface area contributed by atoms with E-state index in [-0.39, 0.29) is 17.9 Å². The van der Waals surface area contributed by atoms with Crippen molar-refractivity contribution in [3.05, 3.63) is 30.1 Å². The molecule has 0 aromatic carbocycles. The molecule has 1 aliphatic carbocycles. The first-order chi connectivity index (χ1) is 16.2. The first kappa shape index (κ1) is 21.6. The first-order valence-corrected chi connectivity index (χ1v) is 12.1. The van der Waals surface area contributed by atoms with Crippen LogP contribution >= 0.6 is 0 Å². The second-order valence-corrected chi connectivity index (χ2v) is 9.20. The van der Waals surface area contributed by atoms with Crippen molar-refractivity contribution in [1.82, 2.24) is 20.3 Å². The molecule has 2 amide bonds. The average Bonchev–Trinajstić information content (AvgIpc) is 3.61. The molecule has 1 saturated carbocycles. The third-order valence-electron chi connectivity index (χ3n) is 6.98. The van der Waals surface area contributed by atoms with E-state index in [9.17, 15) is 9.59 Å². The lowest BCUT2D eigenvalue weighted by Gasteiger charge is -2.26. The van der Waals surface area contributed by atoms with Crippen molar-refractivity contribution in [3.8, 4) is 0 Å². The van der Waals surface area contributed by atoms with Gasteiger partial charge in [-0.05, 0) is 50.7 Å². The highest BCUT2D eigenvalue weighted by Gasteiger charge is 2.30. The largest absolute Gasteiger partial charge is 0.357 e. The molecule has 9 nitrogen and oxygen atoms in total. The minimum Gasteiger partial charge on any atom is -0.357 e. The molecule has 0 spiro atoms. The van der Waals surface area contributed by atoms with Crippen molar-refractivity contribution in [1.29, 1.82) is 0 Å². The topological polar surface area (TPSA) is 103 Å². The number of nitrogens with zero attached hydrogens (tertiary/aromatic N) is 5. The molecular formula is C24H31N7O2. The first-order valence-electron chi connectivity index (χ1n) is 12.1. The number of carbonyl (C=O) groups is 2. The van der Waals surface area contributed by atoms with Crippen molar-refractivity contribution in [2.45, 2.75) is 57.4 Å². The van der Waals surface area contributed by atoms with Crippen LogP contribution in [0.25, 0.3) is 0 Å². The van der Waals surface area contributed by atoms with Gasteiger partial charge in [0.1, 0.15) is 11.6 Å². The summed E-state index contributed by atoms with van der Waals surface area (Å²) in [6, 6.07) is 4.13. The number of hydrogen-bond acceptors (Lipinski definition) is 7. The van der Waals surface area contributed by atoms with Gasteiger partial charge in [0.15, 0.2) is 0 Å². The zero-order valence-electron chi connectivity index (χ0n) is 18.9. The molecule has 2 aromatic rings. The molecule has 0 radical (unpaired) electrons. The predicted molar refractivity (Wildman–Crippen MR) is 127 cm³/mol. The van der Waals surface area contributed by atoms with Crippen molar-refractivity contribution in [2.75, 3.05) is 34.8 Å². The van der Waals surface area contributed by atoms with Gasteiger partial charge < -0.3 is 15.5 Å². The summed E-state index contributed by atoms with van der Waals surface area (Å²) in [5, 5.41) is 6.13. The van der Waals surface area contributed by atoms with Gasteiger partial charge in [-0.2, -0.15) is 4.98 Å². The molecule has 4 heterocycles. The van der Waals surface area contributed by atoms with Crippen LogP contribution < -0.4 is 20.4 Å². The number of rotatable bonds is 8. The second kappa shape index (κ2) is 9.72. The smallest absolute Gasteiger partial charge is 0.229 e. The van der Waals surface area contributed by atoms with Crippen molar-refractivity contribution in [2.24, 2.45) is 5.92 Å². The van der Waals surface area contributed by atoms with E-state index in [2.05, 4.69) is 25.5 Å². The average molecular weight is 450 g/mol. The summed E-state index contributed by atoms with van der Waals surface area (Å²) in [6.07, 6.45) is 12.3. The van der Waals surface area contributed by atoms with E-state index >= 15 is 0 Å². The number of anilines is 4. The molecule has 3 aliphatic rings. The highest BCUT2D eigenvalue weighted by Crippen LogP contribution is 2.31. The van der Waals surface area contributed by atoms with Gasteiger partial charge in [0.25, 0.3) is 0 Å². The SMILES string of the molecule is O=CN(c1nc(Nc2ccc(N3CCCC3)nc2)ncc1C[C@@H]1CCNC1=O)C1CCCC1. The van der Waals surface area contributed by atoms with Gasteiger partial charge in [-0.15, -0.1) is 0 Å². The number of nitrogens with one attached hydrogen (secondary N) is 2. The van der Waals surface area contributed by atoms with Gasteiger partial charge in [0, 0.05) is 43.4 Å². The van der Waals surface area contributed by atoms with Gasteiger partial charge in [-0.25, -0.2) is 9.97 Å². The van der Waals surface area contributed by atoms with Crippen LogP contribution in [-0.2, 0) is 16.0 Å². The molecule has 1 atom stereocenters. The van der Waals surface area contributed by atoms with Crippen molar-refractivity contribution >= 4 is 35.6 Å². The molecule has 3 fully saturated rings. The third-order valence-corrected chi connectivity index (χ3v) is 6.98. The van der Waals surface area contributed by atoms with Crippen molar-refractivity contribution < 1.29 is 9.59 Å². The fourth-order valence-corrected chi connectivity index (χ4v) is 5.14. The van der Waals surface area contributed by atoms with Crippen LogP contribution in [0, 0.1) is 5.92 Å². The Morgan fingerprint density at radius 2 is 1.91 bits per heavy atom. The Morgan fingerprint density at radius 1 is 1.09 bits per heavy atom. The summed E-state index contributed by atoms with van der Waals surface area (Å²) in [6.45, 7) is 2.80. The van der Waals surface area contributed by atoms with E-state index in [4.69, 9.17) is 4.98 Å². The number of hydrogen-bond donors (Lipinski definition) is 2. The Kier molecular flexibility index (Phi) is 6.37. The van der Waals surface area contributed by atoms with E-state index in [0.29, 0.717) is 24.7 Å². The summed E-state index contributed by atoms with van der Waals surface area (Å²) in [7, 11) is 0. The Balaban J connectivity index is 1.39. The number of carbonyl (C=O) groups excluding carboxylic acids is 2. The molecule has 9 heteroatoms. The zero-order chi connectivity index (χ0) is 22.6. The second-order valence-electron chi connectivity index (χ2n) is 9.20. The van der Waals surface area contributed by atoms with E-state index in [1.807, 2.05) is 12.1 Å². The molecule has 2 aromatic heterocycles. The van der Waals surface area contributed by atoms with Crippen LogP contribution in [0.2, 0.25) is 0 Å². The lowest BCUT2D eigenvalue weighted by molar-refractivity contribution is -0.122. The summed E-state index contributed by atoms with van der Waals surface area (Å²) >= 11 is 0. The van der Waals surface area contributed by atoms with Gasteiger partial charge in [-0.3, -0.25) is 14.5 Å². The van der Waals surface area contributed by atoms with E-state index < -0.39 is 0 Å². The Morgan fingerprint density at radius 3 is 2.58 bits per heavy atom. The summed E-state index contributed by atoms with van der Waals surface area (Å²) < 4.78 is 0. The fourth-order valence-electron chi connectivity index (χ4n) is 5.14. The van der Waals surface area contributed by atoms with Crippen LogP contribution in [0.5, 0.6) is 0 Å². The summed E-state index contributed by atoms with van der Waals surface area (Å²) in [5.41, 5.74) is 1.63.